The monoisotopic (exact) mass is 231 g/mol. The Morgan fingerprint density at radius 1 is 1.62 bits per heavy atom. The van der Waals surface area contributed by atoms with Crippen LogP contribution in [0.1, 0.15) is 20.3 Å². The van der Waals surface area contributed by atoms with Crippen molar-refractivity contribution in [3.8, 4) is 0 Å². The summed E-state index contributed by atoms with van der Waals surface area (Å²) in [6, 6.07) is 0. The van der Waals surface area contributed by atoms with Crippen molar-refractivity contribution in [3.05, 3.63) is 0 Å². The van der Waals surface area contributed by atoms with Gasteiger partial charge >= 0.3 is 5.97 Å². The minimum atomic E-state index is -0.797. The number of hydrogen-bond acceptors (Lipinski definition) is 4. The second-order valence-corrected chi connectivity index (χ2v) is 4.98. The lowest BCUT2D eigenvalue weighted by atomic mass is 9.93. The first kappa shape index (κ1) is 13.4. The van der Waals surface area contributed by atoms with Gasteiger partial charge in [-0.1, -0.05) is 0 Å². The third-order valence-corrected chi connectivity index (χ3v) is 3.09. The molecule has 1 heterocycles. The van der Waals surface area contributed by atoms with Crippen LogP contribution < -0.4 is 5.32 Å². The normalized spacial score (nSPS) is 25.9. The number of carbonyl (C=O) groups is 1. The average molecular weight is 231 g/mol. The van der Waals surface area contributed by atoms with Crippen molar-refractivity contribution in [3.63, 3.8) is 0 Å². The van der Waals surface area contributed by atoms with Gasteiger partial charge in [0.2, 0.25) is 0 Å². The van der Waals surface area contributed by atoms with Gasteiger partial charge in [0.05, 0.1) is 12.0 Å². The molecule has 2 N–H and O–H groups in total. The van der Waals surface area contributed by atoms with Crippen LogP contribution in [0.4, 0.5) is 0 Å². The average Bonchev–Trinajstić information content (AvgIpc) is 2.67. The van der Waals surface area contributed by atoms with Crippen LogP contribution in [0.25, 0.3) is 0 Å². The molecule has 0 amide bonds. The number of carboxylic acid groups (broad SMARTS) is 1. The molecule has 0 spiro atoms. The van der Waals surface area contributed by atoms with Gasteiger partial charge in [-0.25, -0.2) is 0 Å². The van der Waals surface area contributed by atoms with Crippen molar-refractivity contribution >= 4 is 5.97 Å². The number of carboxylic acids is 1. The molecule has 1 aliphatic heterocycles. The third-order valence-electron chi connectivity index (χ3n) is 3.09. The van der Waals surface area contributed by atoms with Gasteiger partial charge < -0.3 is 19.9 Å². The molecular weight excluding hydrogens is 210 g/mol. The molecule has 0 bridgehead atoms. The van der Waals surface area contributed by atoms with E-state index in [0.717, 1.165) is 6.42 Å². The number of methoxy groups -OCH3 is 1. The Kier molecular flexibility index (Phi) is 4.29. The van der Waals surface area contributed by atoms with E-state index in [1.165, 1.54) is 0 Å². The molecule has 1 atom stereocenters. The highest BCUT2D eigenvalue weighted by Gasteiger charge is 2.35. The lowest BCUT2D eigenvalue weighted by Gasteiger charge is -2.28. The Bertz CT molecular complexity index is 246. The number of aliphatic carboxylic acids is 1. The van der Waals surface area contributed by atoms with Crippen LogP contribution in [0.5, 0.6) is 0 Å². The van der Waals surface area contributed by atoms with Crippen LogP contribution in [0.2, 0.25) is 0 Å². The molecule has 0 radical (unpaired) electrons. The maximum atomic E-state index is 10.9. The maximum Gasteiger partial charge on any atom is 0.310 e. The zero-order valence-corrected chi connectivity index (χ0v) is 10.2. The largest absolute Gasteiger partial charge is 0.481 e. The van der Waals surface area contributed by atoms with Gasteiger partial charge in [-0.05, 0) is 13.8 Å². The summed E-state index contributed by atoms with van der Waals surface area (Å²) in [4.78, 5) is 10.9. The summed E-state index contributed by atoms with van der Waals surface area (Å²) < 4.78 is 10.7. The fraction of sp³-hybridized carbons (Fsp3) is 0.909. The Balaban J connectivity index is 2.37. The van der Waals surface area contributed by atoms with Crippen LogP contribution >= 0.6 is 0 Å². The second-order valence-electron chi connectivity index (χ2n) is 4.98. The molecule has 1 unspecified atom stereocenters. The molecule has 0 aromatic rings. The van der Waals surface area contributed by atoms with Gasteiger partial charge in [0.1, 0.15) is 5.60 Å². The van der Waals surface area contributed by atoms with E-state index >= 15 is 0 Å². The highest BCUT2D eigenvalue weighted by atomic mass is 16.5. The first-order valence-electron chi connectivity index (χ1n) is 5.49. The van der Waals surface area contributed by atoms with Gasteiger partial charge in [0.25, 0.3) is 0 Å². The van der Waals surface area contributed by atoms with E-state index in [0.29, 0.717) is 26.3 Å². The molecule has 94 valence electrons. The molecule has 0 aromatic carbocycles. The van der Waals surface area contributed by atoms with Gasteiger partial charge in [-0.15, -0.1) is 0 Å². The Morgan fingerprint density at radius 3 is 2.75 bits per heavy atom. The minimum Gasteiger partial charge on any atom is -0.481 e. The van der Waals surface area contributed by atoms with Crippen LogP contribution in [-0.2, 0) is 14.3 Å². The summed E-state index contributed by atoms with van der Waals surface area (Å²) in [7, 11) is 1.67. The Morgan fingerprint density at radius 2 is 2.31 bits per heavy atom. The Labute approximate surface area is 96.1 Å². The molecule has 1 aliphatic rings. The van der Waals surface area contributed by atoms with Crippen molar-refractivity contribution in [2.45, 2.75) is 25.9 Å². The molecule has 0 saturated carbocycles. The van der Waals surface area contributed by atoms with E-state index in [2.05, 4.69) is 5.32 Å². The second kappa shape index (κ2) is 5.12. The zero-order valence-electron chi connectivity index (χ0n) is 10.2. The molecule has 0 aromatic heterocycles. The predicted molar refractivity (Wildman–Crippen MR) is 59.5 cm³/mol. The number of nitrogens with one attached hydrogen (secondary N) is 1. The van der Waals surface area contributed by atoms with E-state index < -0.39 is 11.4 Å². The van der Waals surface area contributed by atoms with Gasteiger partial charge in [-0.3, -0.25) is 4.79 Å². The number of ether oxygens (including phenoxy) is 2. The standard InChI is InChI=1S/C11H21NO4/c1-10(2,9(13)14)6-12-7-11(15-3)4-5-16-8-11/h12H,4-8H2,1-3H3,(H,13,14). The van der Waals surface area contributed by atoms with Crippen molar-refractivity contribution in [1.82, 2.24) is 5.32 Å². The van der Waals surface area contributed by atoms with Crippen molar-refractivity contribution in [2.24, 2.45) is 5.41 Å². The van der Waals surface area contributed by atoms with Crippen molar-refractivity contribution in [2.75, 3.05) is 33.4 Å². The highest BCUT2D eigenvalue weighted by molar-refractivity contribution is 5.73. The number of rotatable bonds is 6. The molecule has 1 rings (SSSR count). The topological polar surface area (TPSA) is 67.8 Å². The van der Waals surface area contributed by atoms with E-state index in [-0.39, 0.29) is 5.60 Å². The first-order chi connectivity index (χ1) is 7.42. The molecule has 1 fully saturated rings. The van der Waals surface area contributed by atoms with E-state index in [4.69, 9.17) is 14.6 Å². The van der Waals surface area contributed by atoms with E-state index in [9.17, 15) is 4.79 Å². The smallest absolute Gasteiger partial charge is 0.310 e. The SMILES string of the molecule is COC1(CNCC(C)(C)C(=O)O)CCOC1. The molecule has 1 saturated heterocycles. The summed E-state index contributed by atoms with van der Waals surface area (Å²) >= 11 is 0. The first-order valence-corrected chi connectivity index (χ1v) is 5.49. The highest BCUT2D eigenvalue weighted by Crippen LogP contribution is 2.22. The lowest BCUT2D eigenvalue weighted by Crippen LogP contribution is -2.46. The zero-order chi connectivity index (χ0) is 12.2. The molecule has 5 heteroatoms. The van der Waals surface area contributed by atoms with Crippen LogP contribution in [0, 0.1) is 5.41 Å². The fourth-order valence-corrected chi connectivity index (χ4v) is 1.64. The minimum absolute atomic E-state index is 0.283. The predicted octanol–water partition coefficient (Wildman–Crippen LogP) is 0.492. The van der Waals surface area contributed by atoms with Crippen LogP contribution in [0.15, 0.2) is 0 Å². The molecule has 16 heavy (non-hydrogen) atoms. The van der Waals surface area contributed by atoms with Gasteiger partial charge in [0.15, 0.2) is 0 Å². The fourth-order valence-electron chi connectivity index (χ4n) is 1.64. The van der Waals surface area contributed by atoms with Gasteiger partial charge in [-0.2, -0.15) is 0 Å². The number of hydrogen-bond donors (Lipinski definition) is 2. The van der Waals surface area contributed by atoms with E-state index in [1.807, 2.05) is 0 Å². The Hall–Kier alpha value is -0.650. The van der Waals surface area contributed by atoms with Gasteiger partial charge in [0, 0.05) is 33.2 Å². The van der Waals surface area contributed by atoms with Crippen LogP contribution in [-0.4, -0.2) is 50.1 Å². The lowest BCUT2D eigenvalue weighted by molar-refractivity contribution is -0.146. The summed E-state index contributed by atoms with van der Waals surface area (Å²) in [5.74, 6) is -0.797. The third kappa shape index (κ3) is 3.17. The van der Waals surface area contributed by atoms with Crippen LogP contribution in [0.3, 0.4) is 0 Å². The molecule has 0 aliphatic carbocycles. The van der Waals surface area contributed by atoms with Crippen molar-refractivity contribution < 1.29 is 19.4 Å². The summed E-state index contributed by atoms with van der Waals surface area (Å²) in [6.07, 6.45) is 0.851. The molecular formula is C11H21NO4. The van der Waals surface area contributed by atoms with E-state index in [1.54, 1.807) is 21.0 Å². The quantitative estimate of drug-likeness (QED) is 0.696. The van der Waals surface area contributed by atoms with Crippen molar-refractivity contribution in [1.29, 1.82) is 0 Å². The maximum absolute atomic E-state index is 10.9. The summed E-state index contributed by atoms with van der Waals surface area (Å²) in [6.45, 7) is 5.73. The summed E-state index contributed by atoms with van der Waals surface area (Å²) in [5.41, 5.74) is -1.04. The summed E-state index contributed by atoms with van der Waals surface area (Å²) in [5, 5.41) is 12.1. The molecule has 5 nitrogen and oxygen atoms in total.